The predicted octanol–water partition coefficient (Wildman–Crippen LogP) is 3.96. The topological polar surface area (TPSA) is 69.7 Å². The molecule has 4 amide bonds. The van der Waals surface area contributed by atoms with Gasteiger partial charge in [-0.05, 0) is 43.2 Å². The Kier molecular flexibility index (Phi) is 5.96. The Morgan fingerprint density at radius 3 is 2.45 bits per heavy atom. The van der Waals surface area contributed by atoms with E-state index in [2.05, 4.69) is 5.32 Å². The van der Waals surface area contributed by atoms with Gasteiger partial charge in [0, 0.05) is 12.2 Å². The van der Waals surface area contributed by atoms with E-state index < -0.39 is 29.7 Å². The number of halogens is 1. The average molecular weight is 397 g/mol. The number of nitrogens with zero attached hydrogens (tertiary/aromatic N) is 2. The molecule has 6 nitrogen and oxygen atoms in total. The van der Waals surface area contributed by atoms with E-state index in [0.717, 1.165) is 10.5 Å². The summed E-state index contributed by atoms with van der Waals surface area (Å²) in [5, 5.41) is 2.59. The lowest BCUT2D eigenvalue weighted by Gasteiger charge is -2.23. The molecule has 0 unspecified atom stereocenters. The highest BCUT2D eigenvalue weighted by Crippen LogP contribution is 2.28. The van der Waals surface area contributed by atoms with E-state index in [1.165, 1.54) is 23.1 Å². The first-order valence-electron chi connectivity index (χ1n) is 9.53. The molecular formula is C22H24FN3O3. The number of urea groups is 1. The fourth-order valence-corrected chi connectivity index (χ4v) is 3.32. The summed E-state index contributed by atoms with van der Waals surface area (Å²) in [6.45, 7) is 6.15. The molecule has 3 rings (SSSR count). The van der Waals surface area contributed by atoms with Crippen molar-refractivity contribution in [2.24, 2.45) is 5.92 Å². The lowest BCUT2D eigenvalue weighted by molar-refractivity contribution is -0.124. The second-order valence-corrected chi connectivity index (χ2v) is 7.62. The van der Waals surface area contributed by atoms with Gasteiger partial charge in [-0.25, -0.2) is 14.1 Å². The number of aryl methyl sites for hydroxylation is 1. The minimum Gasteiger partial charge on any atom is -0.326 e. The number of amides is 4. The molecule has 7 heteroatoms. The molecule has 0 spiro atoms. The first-order valence-corrected chi connectivity index (χ1v) is 9.53. The molecule has 1 atom stereocenters. The normalized spacial score (nSPS) is 16.7. The Hall–Kier alpha value is -3.22. The molecule has 2 aromatic rings. The van der Waals surface area contributed by atoms with Gasteiger partial charge in [-0.1, -0.05) is 37.6 Å². The number of hydrogen-bond donors (Lipinski definition) is 1. The van der Waals surface area contributed by atoms with Crippen LogP contribution < -0.4 is 10.2 Å². The number of hydrogen-bond acceptors (Lipinski definition) is 3. The van der Waals surface area contributed by atoms with Crippen LogP contribution in [0.1, 0.15) is 25.8 Å². The minimum absolute atomic E-state index is 0.124. The Labute approximate surface area is 169 Å². The largest absolute Gasteiger partial charge is 0.332 e. The molecule has 1 heterocycles. The summed E-state index contributed by atoms with van der Waals surface area (Å²) in [6.07, 6.45) is -0.198. The van der Waals surface area contributed by atoms with Crippen molar-refractivity contribution >= 4 is 29.2 Å². The zero-order valence-electron chi connectivity index (χ0n) is 16.7. The zero-order valence-corrected chi connectivity index (χ0v) is 16.7. The summed E-state index contributed by atoms with van der Waals surface area (Å²) < 4.78 is 13.3. The quantitative estimate of drug-likeness (QED) is 0.750. The molecule has 0 saturated carbocycles. The van der Waals surface area contributed by atoms with Gasteiger partial charge < -0.3 is 10.2 Å². The van der Waals surface area contributed by atoms with Crippen molar-refractivity contribution in [2.45, 2.75) is 33.2 Å². The fourth-order valence-electron chi connectivity index (χ4n) is 3.32. The number of rotatable bonds is 6. The van der Waals surface area contributed by atoms with Crippen LogP contribution in [0.2, 0.25) is 0 Å². The van der Waals surface area contributed by atoms with E-state index in [0.29, 0.717) is 17.9 Å². The Balaban J connectivity index is 1.82. The van der Waals surface area contributed by atoms with Crippen LogP contribution in [-0.4, -0.2) is 35.3 Å². The van der Waals surface area contributed by atoms with Gasteiger partial charge in [0.25, 0.3) is 5.91 Å². The molecule has 152 valence electrons. The standard InChI is InChI=1S/C22H24FN3O3/c1-14(2)13-25-19(12-20(27)24-17-6-4-5-16(23)11-17)21(28)26(22(25)29)18-9-7-15(3)8-10-18/h4-11,14,19H,12-13H2,1-3H3,(H,24,27)/t19-/m1/s1. The van der Waals surface area contributed by atoms with Crippen LogP contribution in [-0.2, 0) is 9.59 Å². The van der Waals surface area contributed by atoms with Crippen molar-refractivity contribution in [2.75, 3.05) is 16.8 Å². The summed E-state index contributed by atoms with van der Waals surface area (Å²) in [4.78, 5) is 41.1. The molecule has 1 saturated heterocycles. The molecular weight excluding hydrogens is 373 g/mol. The van der Waals surface area contributed by atoms with Crippen molar-refractivity contribution < 1.29 is 18.8 Å². The van der Waals surface area contributed by atoms with Crippen molar-refractivity contribution in [1.29, 1.82) is 0 Å². The maximum Gasteiger partial charge on any atom is 0.332 e. The Morgan fingerprint density at radius 2 is 1.83 bits per heavy atom. The van der Waals surface area contributed by atoms with Gasteiger partial charge in [-0.15, -0.1) is 0 Å². The van der Waals surface area contributed by atoms with Crippen molar-refractivity contribution in [3.63, 3.8) is 0 Å². The van der Waals surface area contributed by atoms with Gasteiger partial charge in [0.15, 0.2) is 0 Å². The Morgan fingerprint density at radius 1 is 1.14 bits per heavy atom. The third kappa shape index (κ3) is 4.62. The van der Waals surface area contributed by atoms with Gasteiger partial charge >= 0.3 is 6.03 Å². The lowest BCUT2D eigenvalue weighted by Crippen LogP contribution is -2.40. The molecule has 1 aliphatic heterocycles. The summed E-state index contributed by atoms with van der Waals surface area (Å²) >= 11 is 0. The van der Waals surface area contributed by atoms with Crippen LogP contribution in [0.4, 0.5) is 20.6 Å². The van der Waals surface area contributed by atoms with E-state index in [1.54, 1.807) is 18.2 Å². The van der Waals surface area contributed by atoms with Crippen LogP contribution in [0.25, 0.3) is 0 Å². The summed E-state index contributed by atoms with van der Waals surface area (Å²) in [7, 11) is 0. The third-order valence-corrected chi connectivity index (χ3v) is 4.66. The van der Waals surface area contributed by atoms with Gasteiger partial charge in [-0.3, -0.25) is 9.59 Å². The monoisotopic (exact) mass is 397 g/mol. The number of anilines is 2. The predicted molar refractivity (Wildman–Crippen MR) is 109 cm³/mol. The van der Waals surface area contributed by atoms with Gasteiger partial charge in [0.1, 0.15) is 11.9 Å². The number of imide groups is 1. The first kappa shape index (κ1) is 20.5. The maximum absolute atomic E-state index is 13.3. The van der Waals surface area contributed by atoms with E-state index in [9.17, 15) is 18.8 Å². The maximum atomic E-state index is 13.3. The van der Waals surface area contributed by atoms with E-state index in [4.69, 9.17) is 0 Å². The first-order chi connectivity index (χ1) is 13.8. The highest BCUT2D eigenvalue weighted by Gasteiger charge is 2.46. The second kappa shape index (κ2) is 8.43. The number of benzene rings is 2. The zero-order chi connectivity index (χ0) is 21.1. The van der Waals surface area contributed by atoms with E-state index >= 15 is 0 Å². The average Bonchev–Trinajstić information content (AvgIpc) is 2.86. The van der Waals surface area contributed by atoms with Crippen LogP contribution in [0.3, 0.4) is 0 Å². The molecule has 0 aliphatic carbocycles. The van der Waals surface area contributed by atoms with Gasteiger partial charge in [0.2, 0.25) is 5.91 Å². The molecule has 1 fully saturated rings. The number of carbonyl (C=O) groups excluding carboxylic acids is 3. The van der Waals surface area contributed by atoms with Crippen molar-refractivity contribution in [1.82, 2.24) is 4.90 Å². The van der Waals surface area contributed by atoms with Crippen LogP contribution in [0, 0.1) is 18.7 Å². The molecule has 0 radical (unpaired) electrons. The third-order valence-electron chi connectivity index (χ3n) is 4.66. The van der Waals surface area contributed by atoms with E-state index in [-0.39, 0.29) is 12.3 Å². The highest BCUT2D eigenvalue weighted by molar-refractivity contribution is 6.22. The van der Waals surface area contributed by atoms with Gasteiger partial charge in [0.05, 0.1) is 12.1 Å². The summed E-state index contributed by atoms with van der Waals surface area (Å²) in [6, 6.07) is 11.3. The summed E-state index contributed by atoms with van der Waals surface area (Å²) in [5.74, 6) is -1.24. The van der Waals surface area contributed by atoms with Crippen LogP contribution >= 0.6 is 0 Å². The fraction of sp³-hybridized carbons (Fsp3) is 0.318. The minimum atomic E-state index is -0.903. The number of nitrogens with one attached hydrogen (secondary N) is 1. The lowest BCUT2D eigenvalue weighted by atomic mass is 10.1. The molecule has 0 aromatic heterocycles. The SMILES string of the molecule is Cc1ccc(N2C(=O)[C@@H](CC(=O)Nc3cccc(F)c3)N(CC(C)C)C2=O)cc1. The molecule has 1 N–H and O–H groups in total. The summed E-state index contributed by atoms with van der Waals surface area (Å²) in [5.41, 5.74) is 1.79. The Bertz CT molecular complexity index is 927. The van der Waals surface area contributed by atoms with Crippen molar-refractivity contribution in [3.8, 4) is 0 Å². The molecule has 1 aliphatic rings. The van der Waals surface area contributed by atoms with Crippen LogP contribution in [0.15, 0.2) is 48.5 Å². The van der Waals surface area contributed by atoms with E-state index in [1.807, 2.05) is 32.9 Å². The van der Waals surface area contributed by atoms with Crippen LogP contribution in [0.5, 0.6) is 0 Å². The number of carbonyl (C=O) groups is 3. The van der Waals surface area contributed by atoms with Gasteiger partial charge in [-0.2, -0.15) is 0 Å². The smallest absolute Gasteiger partial charge is 0.326 e. The second-order valence-electron chi connectivity index (χ2n) is 7.62. The molecule has 29 heavy (non-hydrogen) atoms. The molecule has 0 bridgehead atoms. The highest BCUT2D eigenvalue weighted by atomic mass is 19.1. The van der Waals surface area contributed by atoms with Crippen molar-refractivity contribution in [3.05, 3.63) is 59.9 Å². The molecule has 2 aromatic carbocycles.